The van der Waals surface area contributed by atoms with E-state index in [1.807, 2.05) is 30.4 Å². The minimum Gasteiger partial charge on any atom is -0.207 e. The summed E-state index contributed by atoms with van der Waals surface area (Å²) in [5.74, 6) is 0. The molecule has 1 fully saturated rings. The van der Waals surface area contributed by atoms with Crippen LogP contribution in [0.4, 0.5) is 0 Å². The van der Waals surface area contributed by atoms with Gasteiger partial charge in [-0.25, -0.2) is 8.42 Å². The van der Waals surface area contributed by atoms with Gasteiger partial charge in [-0.2, -0.15) is 4.31 Å². The highest BCUT2D eigenvalue weighted by atomic mass is 79.9. The van der Waals surface area contributed by atoms with Crippen LogP contribution >= 0.6 is 15.9 Å². The zero-order chi connectivity index (χ0) is 13.5. The van der Waals surface area contributed by atoms with Crippen molar-refractivity contribution < 1.29 is 8.42 Å². The topological polar surface area (TPSA) is 37.1 Å². The summed E-state index contributed by atoms with van der Waals surface area (Å²) in [5, 5.41) is 0. The maximum atomic E-state index is 12.6. The van der Waals surface area contributed by atoms with Gasteiger partial charge in [-0.3, -0.25) is 0 Å². The molecular weight excluding hydrogens is 326 g/mol. The van der Waals surface area contributed by atoms with Gasteiger partial charge in [0.2, 0.25) is 10.0 Å². The summed E-state index contributed by atoms with van der Waals surface area (Å²) in [5.41, 5.74) is 0. The molecule has 3 nitrogen and oxygen atoms in total. The van der Waals surface area contributed by atoms with Crippen LogP contribution in [-0.2, 0) is 10.0 Å². The Labute approximate surface area is 121 Å². The molecule has 0 spiro atoms. The van der Waals surface area contributed by atoms with Crippen molar-refractivity contribution in [1.82, 2.24) is 4.31 Å². The van der Waals surface area contributed by atoms with Gasteiger partial charge in [0.1, 0.15) is 0 Å². The van der Waals surface area contributed by atoms with E-state index in [0.29, 0.717) is 4.90 Å². The Morgan fingerprint density at radius 2 is 1.89 bits per heavy atom. The summed E-state index contributed by atoms with van der Waals surface area (Å²) in [6, 6.07) is 8.71. The second-order valence-electron chi connectivity index (χ2n) is 4.70. The van der Waals surface area contributed by atoms with E-state index in [4.69, 9.17) is 0 Å². The lowest BCUT2D eigenvalue weighted by Crippen LogP contribution is -2.18. The normalized spacial score (nSPS) is 33.3. The number of hydrogen-bond donors (Lipinski definition) is 0. The van der Waals surface area contributed by atoms with E-state index in [1.54, 1.807) is 28.6 Å². The Kier molecular flexibility index (Phi) is 3.37. The molecule has 1 aliphatic carbocycles. The van der Waals surface area contributed by atoms with E-state index in [2.05, 4.69) is 15.9 Å². The summed E-state index contributed by atoms with van der Waals surface area (Å²) >= 11 is 3.56. The Morgan fingerprint density at radius 3 is 2.63 bits per heavy atom. The van der Waals surface area contributed by atoms with Crippen LogP contribution in [0, 0.1) is 0 Å². The summed E-state index contributed by atoms with van der Waals surface area (Å²) in [4.78, 5) is 0.440. The number of hydrogen-bond acceptors (Lipinski definition) is 2. The van der Waals surface area contributed by atoms with Crippen LogP contribution in [0.1, 0.15) is 6.42 Å². The quantitative estimate of drug-likeness (QED) is 0.613. The molecule has 0 bridgehead atoms. The van der Waals surface area contributed by atoms with Gasteiger partial charge in [-0.15, -0.1) is 0 Å². The van der Waals surface area contributed by atoms with Crippen LogP contribution in [0.15, 0.2) is 59.5 Å². The molecule has 1 unspecified atom stereocenters. The van der Waals surface area contributed by atoms with Gasteiger partial charge in [0.25, 0.3) is 0 Å². The standard InChI is InChI=1S/C14H14BrNO2S/c15-12-9-5-2-6-10-13-14(12)16(13)19(17,18)11-7-3-1-4-8-11/h1-9,12-14H,10H2/t12-,13+,14-,16?/m0/s1. The number of alkyl halides is 1. The summed E-state index contributed by atoms with van der Waals surface area (Å²) in [6.07, 6.45) is 8.71. The Balaban J connectivity index is 1.93. The first-order valence-electron chi connectivity index (χ1n) is 6.18. The van der Waals surface area contributed by atoms with E-state index in [1.165, 1.54) is 0 Å². The Morgan fingerprint density at radius 1 is 1.16 bits per heavy atom. The maximum absolute atomic E-state index is 12.6. The lowest BCUT2D eigenvalue weighted by Gasteiger charge is -2.07. The minimum atomic E-state index is -3.38. The van der Waals surface area contributed by atoms with Crippen LogP contribution < -0.4 is 0 Å². The van der Waals surface area contributed by atoms with Crippen LogP contribution in [0.3, 0.4) is 0 Å². The third kappa shape index (κ3) is 2.30. The molecule has 1 aliphatic heterocycles. The Bertz CT molecular complexity index is 624. The third-order valence-electron chi connectivity index (χ3n) is 3.49. The van der Waals surface area contributed by atoms with Crippen molar-refractivity contribution in [1.29, 1.82) is 0 Å². The highest BCUT2D eigenvalue weighted by Crippen LogP contribution is 2.43. The SMILES string of the molecule is O=S(=O)(c1ccccc1)N1[C@@H]2[C@H]1CC=CC=C[C@@H]2Br. The number of fused-ring (bicyclic) bond motifs is 1. The van der Waals surface area contributed by atoms with Gasteiger partial charge in [-0.05, 0) is 18.6 Å². The van der Waals surface area contributed by atoms with Crippen molar-refractivity contribution in [3.63, 3.8) is 0 Å². The van der Waals surface area contributed by atoms with Gasteiger partial charge in [0, 0.05) is 6.04 Å². The summed E-state index contributed by atoms with van der Waals surface area (Å²) in [7, 11) is -3.38. The zero-order valence-electron chi connectivity index (χ0n) is 10.2. The van der Waals surface area contributed by atoms with Gasteiger partial charge in [0.05, 0.1) is 15.8 Å². The van der Waals surface area contributed by atoms with Gasteiger partial charge < -0.3 is 0 Å². The number of benzene rings is 1. The first-order valence-corrected chi connectivity index (χ1v) is 8.54. The molecule has 1 heterocycles. The number of sulfonamides is 1. The molecular formula is C14H14BrNO2S. The molecule has 0 radical (unpaired) electrons. The largest absolute Gasteiger partial charge is 0.243 e. The fourth-order valence-corrected chi connectivity index (χ4v) is 5.30. The average Bonchev–Trinajstić information content (AvgIpc) is 3.11. The average molecular weight is 340 g/mol. The number of nitrogens with zero attached hydrogens (tertiary/aromatic N) is 1. The van der Waals surface area contributed by atoms with Gasteiger partial charge >= 0.3 is 0 Å². The lowest BCUT2D eigenvalue weighted by molar-refractivity contribution is 0.545. The molecule has 0 amide bonds. The van der Waals surface area contributed by atoms with E-state index in [0.717, 1.165) is 6.42 Å². The molecule has 5 heteroatoms. The molecule has 19 heavy (non-hydrogen) atoms. The predicted octanol–water partition coefficient (Wildman–Crippen LogP) is 2.71. The number of allylic oxidation sites excluding steroid dienone is 2. The third-order valence-corrected chi connectivity index (χ3v) is 6.27. The Hall–Kier alpha value is -0.910. The van der Waals surface area contributed by atoms with Crippen LogP contribution in [0.2, 0.25) is 0 Å². The van der Waals surface area contributed by atoms with Crippen molar-refractivity contribution in [3.05, 3.63) is 54.6 Å². The molecule has 4 atom stereocenters. The molecule has 1 aromatic rings. The van der Waals surface area contributed by atoms with Crippen molar-refractivity contribution in [2.45, 2.75) is 28.2 Å². The molecule has 100 valence electrons. The molecule has 1 saturated heterocycles. The second-order valence-corrected chi connectivity index (χ2v) is 7.60. The molecule has 3 rings (SSSR count). The maximum Gasteiger partial charge on any atom is 0.243 e. The van der Waals surface area contributed by atoms with E-state index in [9.17, 15) is 8.42 Å². The fraction of sp³-hybridized carbons (Fsp3) is 0.286. The van der Waals surface area contributed by atoms with Crippen LogP contribution in [-0.4, -0.2) is 29.6 Å². The summed E-state index contributed by atoms with van der Waals surface area (Å²) in [6.45, 7) is 0. The number of rotatable bonds is 2. The zero-order valence-corrected chi connectivity index (χ0v) is 12.6. The number of halogens is 1. The predicted molar refractivity (Wildman–Crippen MR) is 78.7 cm³/mol. The monoisotopic (exact) mass is 339 g/mol. The molecule has 2 aliphatic rings. The molecule has 0 saturated carbocycles. The molecule has 0 N–H and O–H groups in total. The van der Waals surface area contributed by atoms with Crippen LogP contribution in [0.5, 0.6) is 0 Å². The highest BCUT2D eigenvalue weighted by molar-refractivity contribution is 9.09. The van der Waals surface area contributed by atoms with Crippen molar-refractivity contribution >= 4 is 26.0 Å². The van der Waals surface area contributed by atoms with Crippen LogP contribution in [0.25, 0.3) is 0 Å². The fourth-order valence-electron chi connectivity index (χ4n) is 2.51. The lowest BCUT2D eigenvalue weighted by atomic mass is 10.1. The van der Waals surface area contributed by atoms with E-state index < -0.39 is 10.0 Å². The highest BCUT2D eigenvalue weighted by Gasteiger charge is 2.57. The van der Waals surface area contributed by atoms with Crippen molar-refractivity contribution in [2.24, 2.45) is 0 Å². The summed E-state index contributed by atoms with van der Waals surface area (Å²) < 4.78 is 26.8. The van der Waals surface area contributed by atoms with Gasteiger partial charge in [0.15, 0.2) is 0 Å². The van der Waals surface area contributed by atoms with E-state index in [-0.39, 0.29) is 16.9 Å². The molecule has 1 aromatic carbocycles. The first kappa shape index (κ1) is 13.1. The smallest absolute Gasteiger partial charge is 0.207 e. The van der Waals surface area contributed by atoms with Crippen molar-refractivity contribution in [2.75, 3.05) is 0 Å². The molecule has 0 aromatic heterocycles. The van der Waals surface area contributed by atoms with E-state index >= 15 is 0 Å². The second kappa shape index (κ2) is 4.89. The minimum absolute atomic E-state index is 0.0198. The first-order chi connectivity index (χ1) is 9.12. The van der Waals surface area contributed by atoms with Crippen molar-refractivity contribution in [3.8, 4) is 0 Å². The van der Waals surface area contributed by atoms with Gasteiger partial charge in [-0.1, -0.05) is 58.4 Å².